The van der Waals surface area contributed by atoms with Crippen molar-refractivity contribution in [2.75, 3.05) is 59.7 Å². The van der Waals surface area contributed by atoms with Gasteiger partial charge >= 0.3 is 0 Å². The summed E-state index contributed by atoms with van der Waals surface area (Å²) in [7, 11) is 1.90. The molecule has 0 N–H and O–H groups in total. The molecule has 1 aromatic rings. The van der Waals surface area contributed by atoms with Gasteiger partial charge < -0.3 is 14.2 Å². The molecule has 5 nitrogen and oxygen atoms in total. The Balaban J connectivity index is 1.21. The highest BCUT2D eigenvalue weighted by molar-refractivity contribution is 5.28. The van der Waals surface area contributed by atoms with Gasteiger partial charge in [-0.05, 0) is 69.3 Å². The van der Waals surface area contributed by atoms with Crippen molar-refractivity contribution in [3.8, 4) is 5.75 Å². The Labute approximate surface area is 182 Å². The zero-order valence-electron chi connectivity index (χ0n) is 18.8. The first kappa shape index (κ1) is 22.1. The fourth-order valence-electron chi connectivity index (χ4n) is 5.78. The number of hydrogen-bond acceptors (Lipinski definition) is 5. The Morgan fingerprint density at radius 2 is 1.93 bits per heavy atom. The zero-order chi connectivity index (χ0) is 20.7. The molecule has 2 atom stereocenters. The molecular formula is C25H40N2O3. The van der Waals surface area contributed by atoms with Crippen molar-refractivity contribution in [3.05, 3.63) is 29.8 Å². The van der Waals surface area contributed by atoms with Crippen LogP contribution in [-0.2, 0) is 16.0 Å². The van der Waals surface area contributed by atoms with Gasteiger partial charge in [-0.2, -0.15) is 0 Å². The minimum atomic E-state index is 0.390. The number of ether oxygens (including phenoxy) is 3. The molecule has 1 spiro atoms. The minimum absolute atomic E-state index is 0.390. The van der Waals surface area contributed by atoms with Gasteiger partial charge in [-0.25, -0.2) is 0 Å². The molecular weight excluding hydrogens is 376 g/mol. The monoisotopic (exact) mass is 416 g/mol. The SMILES string of the molecule is CO[C@@H]1CCC[C@]12CCCN(Cc1cccc(OCCCCN3CCOCC3)c1)C2. The molecule has 3 aliphatic rings. The first-order valence-electron chi connectivity index (χ1n) is 12.0. The molecule has 2 heterocycles. The van der Waals surface area contributed by atoms with E-state index in [1.165, 1.54) is 57.2 Å². The number of likely N-dealkylation sites (tertiary alicyclic amines) is 1. The van der Waals surface area contributed by atoms with Crippen LogP contribution in [-0.4, -0.2) is 75.6 Å². The molecule has 1 aliphatic carbocycles. The van der Waals surface area contributed by atoms with E-state index in [-0.39, 0.29) is 0 Å². The van der Waals surface area contributed by atoms with Crippen LogP contribution < -0.4 is 4.74 Å². The van der Waals surface area contributed by atoms with Gasteiger partial charge in [-0.3, -0.25) is 9.80 Å². The summed E-state index contributed by atoms with van der Waals surface area (Å²) >= 11 is 0. The molecule has 0 aromatic heterocycles. The second kappa shape index (κ2) is 10.9. The first-order chi connectivity index (χ1) is 14.8. The summed E-state index contributed by atoms with van der Waals surface area (Å²) < 4.78 is 17.4. The Morgan fingerprint density at radius 1 is 1.07 bits per heavy atom. The van der Waals surface area contributed by atoms with Crippen molar-refractivity contribution in [2.24, 2.45) is 5.41 Å². The molecule has 1 saturated carbocycles. The summed E-state index contributed by atoms with van der Waals surface area (Å²) in [5, 5.41) is 0. The van der Waals surface area contributed by atoms with Crippen molar-refractivity contribution >= 4 is 0 Å². The van der Waals surface area contributed by atoms with Crippen LogP contribution >= 0.6 is 0 Å². The quantitative estimate of drug-likeness (QED) is 0.569. The summed E-state index contributed by atoms with van der Waals surface area (Å²) in [6, 6.07) is 8.73. The lowest BCUT2D eigenvalue weighted by atomic mass is 9.76. The van der Waals surface area contributed by atoms with Crippen LogP contribution in [0.25, 0.3) is 0 Å². The fourth-order valence-corrected chi connectivity index (χ4v) is 5.78. The van der Waals surface area contributed by atoms with E-state index in [9.17, 15) is 0 Å². The Bertz CT molecular complexity index is 649. The van der Waals surface area contributed by atoms with E-state index < -0.39 is 0 Å². The molecule has 1 aromatic carbocycles. The molecule has 5 heteroatoms. The maximum atomic E-state index is 6.07. The second-order valence-corrected chi connectivity index (χ2v) is 9.45. The molecule has 30 heavy (non-hydrogen) atoms. The van der Waals surface area contributed by atoms with Gasteiger partial charge in [0.15, 0.2) is 0 Å². The van der Waals surface area contributed by atoms with E-state index in [4.69, 9.17) is 14.2 Å². The van der Waals surface area contributed by atoms with Crippen molar-refractivity contribution in [3.63, 3.8) is 0 Å². The summed E-state index contributed by atoms with van der Waals surface area (Å²) in [5.74, 6) is 1.02. The number of methoxy groups -OCH3 is 1. The molecule has 0 radical (unpaired) electrons. The highest BCUT2D eigenvalue weighted by atomic mass is 16.5. The van der Waals surface area contributed by atoms with Gasteiger partial charge in [0.05, 0.1) is 25.9 Å². The smallest absolute Gasteiger partial charge is 0.119 e. The highest BCUT2D eigenvalue weighted by Crippen LogP contribution is 2.46. The van der Waals surface area contributed by atoms with E-state index in [1.807, 2.05) is 7.11 Å². The van der Waals surface area contributed by atoms with Crippen LogP contribution in [0.15, 0.2) is 24.3 Å². The number of nitrogens with zero attached hydrogens (tertiary/aromatic N) is 2. The first-order valence-corrected chi connectivity index (χ1v) is 12.0. The number of morpholine rings is 1. The number of rotatable bonds is 9. The van der Waals surface area contributed by atoms with Crippen molar-refractivity contribution < 1.29 is 14.2 Å². The summed E-state index contributed by atoms with van der Waals surface area (Å²) in [6.45, 7) is 9.27. The largest absolute Gasteiger partial charge is 0.494 e. The van der Waals surface area contributed by atoms with Gasteiger partial charge in [0.25, 0.3) is 0 Å². The average molecular weight is 417 g/mol. The third kappa shape index (κ3) is 5.76. The van der Waals surface area contributed by atoms with Crippen LogP contribution in [0.3, 0.4) is 0 Å². The van der Waals surface area contributed by atoms with Crippen molar-refractivity contribution in [1.29, 1.82) is 0 Å². The van der Waals surface area contributed by atoms with E-state index in [0.29, 0.717) is 11.5 Å². The van der Waals surface area contributed by atoms with Crippen LogP contribution in [0, 0.1) is 5.41 Å². The standard InChI is InChI=1S/C25H40N2O3/c1-28-24-9-5-10-25(24)11-6-13-27(21-25)20-22-7-4-8-23(19-22)30-16-3-2-12-26-14-17-29-18-15-26/h4,7-8,19,24H,2-3,5-6,9-18,20-21H2,1H3/t24-,25-/m1/s1. The summed E-state index contributed by atoms with van der Waals surface area (Å²) in [5.41, 5.74) is 1.76. The fraction of sp³-hybridized carbons (Fsp3) is 0.760. The molecule has 2 saturated heterocycles. The van der Waals surface area contributed by atoms with Crippen LogP contribution in [0.2, 0.25) is 0 Å². The molecule has 0 unspecified atom stereocenters. The van der Waals surface area contributed by atoms with Crippen LogP contribution in [0.4, 0.5) is 0 Å². The highest BCUT2D eigenvalue weighted by Gasteiger charge is 2.45. The lowest BCUT2D eigenvalue weighted by molar-refractivity contribution is -0.0366. The Kier molecular flexibility index (Phi) is 8.05. The van der Waals surface area contributed by atoms with E-state index >= 15 is 0 Å². The second-order valence-electron chi connectivity index (χ2n) is 9.45. The minimum Gasteiger partial charge on any atom is -0.494 e. The zero-order valence-corrected chi connectivity index (χ0v) is 18.8. The van der Waals surface area contributed by atoms with Crippen molar-refractivity contribution in [2.45, 2.75) is 57.6 Å². The number of benzene rings is 1. The maximum Gasteiger partial charge on any atom is 0.119 e. The third-order valence-corrected chi connectivity index (χ3v) is 7.34. The van der Waals surface area contributed by atoms with E-state index in [0.717, 1.165) is 58.2 Å². The lowest BCUT2D eigenvalue weighted by Crippen LogP contribution is -2.47. The number of hydrogen-bond donors (Lipinski definition) is 0. The normalized spacial score (nSPS) is 28.2. The molecule has 168 valence electrons. The van der Waals surface area contributed by atoms with Gasteiger partial charge in [-0.1, -0.05) is 18.6 Å². The molecule has 2 aliphatic heterocycles. The van der Waals surface area contributed by atoms with Gasteiger partial charge in [-0.15, -0.1) is 0 Å². The third-order valence-electron chi connectivity index (χ3n) is 7.34. The molecule has 0 amide bonds. The van der Waals surface area contributed by atoms with Crippen LogP contribution in [0.5, 0.6) is 5.75 Å². The predicted octanol–water partition coefficient (Wildman–Crippen LogP) is 3.96. The van der Waals surface area contributed by atoms with Gasteiger partial charge in [0, 0.05) is 38.7 Å². The van der Waals surface area contributed by atoms with Crippen LogP contribution in [0.1, 0.15) is 50.5 Å². The molecule has 4 rings (SSSR count). The Morgan fingerprint density at radius 3 is 2.80 bits per heavy atom. The maximum absolute atomic E-state index is 6.07. The predicted molar refractivity (Wildman–Crippen MR) is 120 cm³/mol. The number of unbranched alkanes of at least 4 members (excludes halogenated alkanes) is 1. The number of piperidine rings is 1. The van der Waals surface area contributed by atoms with Gasteiger partial charge in [0.2, 0.25) is 0 Å². The molecule has 3 fully saturated rings. The van der Waals surface area contributed by atoms with E-state index in [1.54, 1.807) is 0 Å². The Hall–Kier alpha value is -1.14. The van der Waals surface area contributed by atoms with E-state index in [2.05, 4.69) is 34.1 Å². The van der Waals surface area contributed by atoms with Gasteiger partial charge in [0.1, 0.15) is 5.75 Å². The topological polar surface area (TPSA) is 34.2 Å². The van der Waals surface area contributed by atoms with Crippen molar-refractivity contribution in [1.82, 2.24) is 9.80 Å². The molecule has 0 bridgehead atoms. The average Bonchev–Trinajstić information content (AvgIpc) is 3.16. The lowest BCUT2D eigenvalue weighted by Gasteiger charge is -2.43. The summed E-state index contributed by atoms with van der Waals surface area (Å²) in [6.07, 6.45) is 9.25. The summed E-state index contributed by atoms with van der Waals surface area (Å²) in [4.78, 5) is 5.14.